The molecule has 3 rings (SSSR count). The lowest BCUT2D eigenvalue weighted by Crippen LogP contribution is -1.84. The van der Waals surface area contributed by atoms with Crippen molar-refractivity contribution in [2.45, 2.75) is 13.8 Å². The number of aromatic hydroxyl groups is 2. The first-order valence-corrected chi connectivity index (χ1v) is 5.92. The van der Waals surface area contributed by atoms with Gasteiger partial charge < -0.3 is 10.2 Å². The standard InChI is InChI=1S/C16H14O2/c1-9-7-11-3-4-12-10(2)15(17)6-5-13(12)14(11)8-16(9)18/h3-8,17-18H,1-2H3. The molecule has 2 nitrogen and oxygen atoms in total. The third-order valence-corrected chi connectivity index (χ3v) is 3.57. The predicted molar refractivity (Wildman–Crippen MR) is 74.3 cm³/mol. The Morgan fingerprint density at radius 3 is 2.22 bits per heavy atom. The fourth-order valence-electron chi connectivity index (χ4n) is 2.43. The average Bonchev–Trinajstić information content (AvgIpc) is 2.35. The Morgan fingerprint density at radius 2 is 1.44 bits per heavy atom. The van der Waals surface area contributed by atoms with Crippen molar-refractivity contribution in [1.82, 2.24) is 0 Å². The molecule has 0 aliphatic carbocycles. The topological polar surface area (TPSA) is 40.5 Å². The van der Waals surface area contributed by atoms with E-state index in [0.717, 1.165) is 32.7 Å². The molecule has 0 atom stereocenters. The van der Waals surface area contributed by atoms with E-state index in [1.54, 1.807) is 12.1 Å². The minimum atomic E-state index is 0.304. The van der Waals surface area contributed by atoms with Crippen molar-refractivity contribution < 1.29 is 10.2 Å². The monoisotopic (exact) mass is 238 g/mol. The molecule has 0 fully saturated rings. The van der Waals surface area contributed by atoms with Gasteiger partial charge in [0.1, 0.15) is 11.5 Å². The molecule has 0 spiro atoms. The lowest BCUT2D eigenvalue weighted by Gasteiger charge is -2.09. The summed E-state index contributed by atoms with van der Waals surface area (Å²) in [6.45, 7) is 3.79. The van der Waals surface area contributed by atoms with E-state index in [4.69, 9.17) is 0 Å². The molecule has 0 aliphatic heterocycles. The summed E-state index contributed by atoms with van der Waals surface area (Å²) in [5, 5.41) is 23.8. The molecule has 2 heteroatoms. The van der Waals surface area contributed by atoms with Crippen LogP contribution in [0.1, 0.15) is 11.1 Å². The summed E-state index contributed by atoms with van der Waals surface area (Å²) in [6, 6.07) is 11.4. The van der Waals surface area contributed by atoms with Crippen LogP contribution in [0.25, 0.3) is 21.5 Å². The second-order valence-electron chi connectivity index (χ2n) is 4.73. The Bertz CT molecular complexity index is 773. The van der Waals surface area contributed by atoms with Gasteiger partial charge in [0.25, 0.3) is 0 Å². The van der Waals surface area contributed by atoms with Crippen molar-refractivity contribution >= 4 is 21.5 Å². The average molecular weight is 238 g/mol. The van der Waals surface area contributed by atoms with Crippen LogP contribution in [0.4, 0.5) is 0 Å². The number of phenols is 2. The highest BCUT2D eigenvalue weighted by Crippen LogP contribution is 2.34. The van der Waals surface area contributed by atoms with Crippen LogP contribution in [0.15, 0.2) is 36.4 Å². The first-order chi connectivity index (χ1) is 8.58. The molecule has 0 amide bonds. The van der Waals surface area contributed by atoms with E-state index >= 15 is 0 Å². The second kappa shape index (κ2) is 3.64. The maximum absolute atomic E-state index is 9.85. The molecular weight excluding hydrogens is 224 g/mol. The Morgan fingerprint density at radius 1 is 0.722 bits per heavy atom. The quantitative estimate of drug-likeness (QED) is 0.581. The molecule has 18 heavy (non-hydrogen) atoms. The highest BCUT2D eigenvalue weighted by molar-refractivity contribution is 6.09. The summed E-state index contributed by atoms with van der Waals surface area (Å²) in [5.41, 5.74) is 1.74. The van der Waals surface area contributed by atoms with Crippen LogP contribution in [0.5, 0.6) is 11.5 Å². The molecule has 0 unspecified atom stereocenters. The van der Waals surface area contributed by atoms with E-state index in [2.05, 4.69) is 0 Å². The van der Waals surface area contributed by atoms with E-state index in [-0.39, 0.29) is 0 Å². The van der Waals surface area contributed by atoms with Crippen molar-refractivity contribution in [3.05, 3.63) is 47.5 Å². The molecule has 0 radical (unpaired) electrons. The molecule has 3 aromatic rings. The summed E-state index contributed by atoms with van der Waals surface area (Å²) in [5.74, 6) is 0.610. The van der Waals surface area contributed by atoms with E-state index in [1.165, 1.54) is 0 Å². The lowest BCUT2D eigenvalue weighted by atomic mass is 9.97. The Kier molecular flexibility index (Phi) is 2.20. The van der Waals surface area contributed by atoms with Crippen molar-refractivity contribution in [1.29, 1.82) is 0 Å². The van der Waals surface area contributed by atoms with Crippen LogP contribution < -0.4 is 0 Å². The SMILES string of the molecule is Cc1cc2ccc3c(C)c(O)ccc3c2cc1O. The van der Waals surface area contributed by atoms with Crippen LogP contribution in [0.3, 0.4) is 0 Å². The highest BCUT2D eigenvalue weighted by atomic mass is 16.3. The second-order valence-corrected chi connectivity index (χ2v) is 4.73. The zero-order valence-electron chi connectivity index (χ0n) is 10.4. The zero-order chi connectivity index (χ0) is 12.9. The van der Waals surface area contributed by atoms with Gasteiger partial charge in [0, 0.05) is 0 Å². The molecule has 0 aromatic heterocycles. The fourth-order valence-corrected chi connectivity index (χ4v) is 2.43. The van der Waals surface area contributed by atoms with Gasteiger partial charge in [-0.3, -0.25) is 0 Å². The first-order valence-electron chi connectivity index (χ1n) is 5.92. The molecule has 3 aromatic carbocycles. The maximum atomic E-state index is 9.85. The third kappa shape index (κ3) is 1.42. The number of phenolic OH excluding ortho intramolecular Hbond substituents is 2. The van der Waals surface area contributed by atoms with Gasteiger partial charge in [-0.2, -0.15) is 0 Å². The molecule has 2 N–H and O–H groups in total. The Labute approximate surface area is 105 Å². The van der Waals surface area contributed by atoms with Gasteiger partial charge in [-0.05, 0) is 64.7 Å². The normalized spacial score (nSPS) is 11.2. The largest absolute Gasteiger partial charge is 0.508 e. The lowest BCUT2D eigenvalue weighted by molar-refractivity contribution is 0.472. The summed E-state index contributed by atoms with van der Waals surface area (Å²) in [4.78, 5) is 0. The predicted octanol–water partition coefficient (Wildman–Crippen LogP) is 4.02. The smallest absolute Gasteiger partial charge is 0.119 e. The number of fused-ring (bicyclic) bond motifs is 3. The van der Waals surface area contributed by atoms with Crippen LogP contribution in [-0.4, -0.2) is 10.2 Å². The third-order valence-electron chi connectivity index (χ3n) is 3.57. The van der Waals surface area contributed by atoms with Gasteiger partial charge in [0.05, 0.1) is 0 Å². The summed E-state index contributed by atoms with van der Waals surface area (Å²) < 4.78 is 0. The van der Waals surface area contributed by atoms with Gasteiger partial charge >= 0.3 is 0 Å². The number of aryl methyl sites for hydroxylation is 2. The Balaban J connectivity index is 2.54. The minimum Gasteiger partial charge on any atom is -0.508 e. The number of hydrogen-bond donors (Lipinski definition) is 2. The minimum absolute atomic E-state index is 0.304. The van der Waals surface area contributed by atoms with E-state index in [9.17, 15) is 10.2 Å². The van der Waals surface area contributed by atoms with Crippen molar-refractivity contribution in [3.63, 3.8) is 0 Å². The first kappa shape index (κ1) is 10.9. The van der Waals surface area contributed by atoms with E-state index in [0.29, 0.717) is 11.5 Å². The number of hydrogen-bond acceptors (Lipinski definition) is 2. The summed E-state index contributed by atoms with van der Waals surface area (Å²) >= 11 is 0. The van der Waals surface area contributed by atoms with Gasteiger partial charge in [-0.1, -0.05) is 18.2 Å². The van der Waals surface area contributed by atoms with Crippen molar-refractivity contribution in [3.8, 4) is 11.5 Å². The van der Waals surface area contributed by atoms with Gasteiger partial charge in [0.2, 0.25) is 0 Å². The van der Waals surface area contributed by atoms with Crippen LogP contribution >= 0.6 is 0 Å². The number of benzene rings is 3. The molecule has 90 valence electrons. The molecule has 0 aliphatic rings. The highest BCUT2D eigenvalue weighted by Gasteiger charge is 2.07. The van der Waals surface area contributed by atoms with Crippen LogP contribution in [-0.2, 0) is 0 Å². The summed E-state index contributed by atoms with van der Waals surface area (Å²) in [6.07, 6.45) is 0. The molecule has 0 saturated carbocycles. The van der Waals surface area contributed by atoms with Gasteiger partial charge in [0.15, 0.2) is 0 Å². The van der Waals surface area contributed by atoms with Crippen LogP contribution in [0, 0.1) is 13.8 Å². The van der Waals surface area contributed by atoms with Crippen LogP contribution in [0.2, 0.25) is 0 Å². The summed E-state index contributed by atoms with van der Waals surface area (Å²) in [7, 11) is 0. The van der Waals surface area contributed by atoms with Crippen molar-refractivity contribution in [2.24, 2.45) is 0 Å². The van der Waals surface area contributed by atoms with E-state index in [1.807, 2.05) is 38.1 Å². The molecule has 0 saturated heterocycles. The van der Waals surface area contributed by atoms with Gasteiger partial charge in [-0.15, -0.1) is 0 Å². The Hall–Kier alpha value is -2.22. The maximum Gasteiger partial charge on any atom is 0.119 e. The number of rotatable bonds is 0. The fraction of sp³-hybridized carbons (Fsp3) is 0.125. The van der Waals surface area contributed by atoms with E-state index < -0.39 is 0 Å². The van der Waals surface area contributed by atoms with Crippen molar-refractivity contribution in [2.75, 3.05) is 0 Å². The molecule has 0 heterocycles. The van der Waals surface area contributed by atoms with Gasteiger partial charge in [-0.25, -0.2) is 0 Å². The molecular formula is C16H14O2. The molecule has 0 bridgehead atoms. The zero-order valence-corrected chi connectivity index (χ0v) is 10.4.